The van der Waals surface area contributed by atoms with Crippen molar-refractivity contribution in [1.82, 2.24) is 10.6 Å². The smallest absolute Gasteiger partial charge is 0.0618 e. The van der Waals surface area contributed by atoms with Gasteiger partial charge < -0.3 is 10.6 Å². The van der Waals surface area contributed by atoms with Gasteiger partial charge in [-0.15, -0.1) is 0 Å². The van der Waals surface area contributed by atoms with Crippen molar-refractivity contribution >= 4 is 5.71 Å². The Morgan fingerprint density at radius 1 is 1.64 bits per heavy atom. The highest BCUT2D eigenvalue weighted by atomic mass is 15.0. The van der Waals surface area contributed by atoms with E-state index in [0.717, 1.165) is 19.5 Å². The van der Waals surface area contributed by atoms with Gasteiger partial charge in [-0.25, -0.2) is 0 Å². The minimum Gasteiger partial charge on any atom is -0.311 e. The van der Waals surface area contributed by atoms with Gasteiger partial charge in [0.15, 0.2) is 0 Å². The molecular formula is C11H21N3. The van der Waals surface area contributed by atoms with Gasteiger partial charge in [-0.1, -0.05) is 19.4 Å². The zero-order valence-corrected chi connectivity index (χ0v) is 9.43. The monoisotopic (exact) mass is 195 g/mol. The molecule has 1 rings (SSSR count). The topological polar surface area (TPSA) is 36.4 Å². The number of aliphatic imine (C=N–C) groups is 1. The maximum absolute atomic E-state index is 4.38. The molecular weight excluding hydrogens is 174 g/mol. The van der Waals surface area contributed by atoms with Crippen molar-refractivity contribution in [2.45, 2.75) is 25.8 Å². The summed E-state index contributed by atoms with van der Waals surface area (Å²) in [6.45, 7) is 4.14. The fourth-order valence-electron chi connectivity index (χ4n) is 1.80. The molecule has 0 radical (unpaired) electrons. The van der Waals surface area contributed by atoms with Gasteiger partial charge in [-0.2, -0.15) is 0 Å². The predicted octanol–water partition coefficient (Wildman–Crippen LogP) is 0.975. The molecule has 1 saturated heterocycles. The zero-order chi connectivity index (χ0) is 10.4. The molecule has 1 fully saturated rings. The van der Waals surface area contributed by atoms with Gasteiger partial charge >= 0.3 is 0 Å². The summed E-state index contributed by atoms with van der Waals surface area (Å²) >= 11 is 0. The van der Waals surface area contributed by atoms with E-state index in [-0.39, 0.29) is 0 Å². The predicted molar refractivity (Wildman–Crippen MR) is 62.1 cm³/mol. The third-order valence-electron chi connectivity index (χ3n) is 2.59. The lowest BCUT2D eigenvalue weighted by Gasteiger charge is -2.27. The lowest BCUT2D eigenvalue weighted by Crippen LogP contribution is -2.49. The standard InChI is InChI=1S/C11H21N3/c1-4-5-6-9-7-14-8-10(12-2)11(9)13-3/h6,10,12,14H,4-5,7-8H2,1-3H3/b9-6-,13-11?. The van der Waals surface area contributed by atoms with Crippen LogP contribution in [0.3, 0.4) is 0 Å². The van der Waals surface area contributed by atoms with Crippen LogP contribution in [0.2, 0.25) is 0 Å². The van der Waals surface area contributed by atoms with Crippen molar-refractivity contribution in [3.8, 4) is 0 Å². The molecule has 0 saturated carbocycles. The third kappa shape index (κ3) is 2.66. The van der Waals surface area contributed by atoms with Crippen LogP contribution in [0.25, 0.3) is 0 Å². The highest BCUT2D eigenvalue weighted by Crippen LogP contribution is 2.09. The molecule has 3 nitrogen and oxygen atoms in total. The first-order valence-electron chi connectivity index (χ1n) is 5.37. The quantitative estimate of drug-likeness (QED) is 0.704. The molecule has 0 aromatic rings. The van der Waals surface area contributed by atoms with Crippen LogP contribution in [0.15, 0.2) is 16.6 Å². The van der Waals surface area contributed by atoms with Crippen LogP contribution in [0, 0.1) is 0 Å². The maximum atomic E-state index is 4.38. The van der Waals surface area contributed by atoms with Gasteiger partial charge in [0.25, 0.3) is 0 Å². The molecule has 1 unspecified atom stereocenters. The first-order chi connectivity index (χ1) is 6.83. The molecule has 3 heteroatoms. The SMILES string of the molecule is CCC/C=C1/CNCC(NC)C1=NC. The number of hydrogen-bond donors (Lipinski definition) is 2. The summed E-state index contributed by atoms with van der Waals surface area (Å²) in [6.07, 6.45) is 4.65. The van der Waals surface area contributed by atoms with Gasteiger partial charge in [-0.3, -0.25) is 4.99 Å². The largest absolute Gasteiger partial charge is 0.311 e. The molecule has 1 atom stereocenters. The van der Waals surface area contributed by atoms with Crippen LogP contribution < -0.4 is 10.6 Å². The molecule has 0 aliphatic carbocycles. The Labute approximate surface area is 86.7 Å². The number of nitrogens with one attached hydrogen (secondary N) is 2. The second kappa shape index (κ2) is 5.94. The summed E-state index contributed by atoms with van der Waals surface area (Å²) in [7, 11) is 3.87. The van der Waals surface area contributed by atoms with Crippen molar-refractivity contribution < 1.29 is 0 Å². The van der Waals surface area contributed by atoms with Crippen LogP contribution in [0.4, 0.5) is 0 Å². The van der Waals surface area contributed by atoms with Crippen molar-refractivity contribution in [3.63, 3.8) is 0 Å². The van der Waals surface area contributed by atoms with E-state index in [1.165, 1.54) is 17.7 Å². The molecule has 1 aliphatic rings. The highest BCUT2D eigenvalue weighted by molar-refractivity contribution is 6.05. The van der Waals surface area contributed by atoms with E-state index < -0.39 is 0 Å². The van der Waals surface area contributed by atoms with Crippen LogP contribution in [-0.4, -0.2) is 38.9 Å². The Morgan fingerprint density at radius 3 is 3.00 bits per heavy atom. The molecule has 2 N–H and O–H groups in total. The highest BCUT2D eigenvalue weighted by Gasteiger charge is 2.21. The fraction of sp³-hybridized carbons (Fsp3) is 0.727. The Bertz CT molecular complexity index is 231. The van der Waals surface area contributed by atoms with Gasteiger partial charge in [0.2, 0.25) is 0 Å². The molecule has 1 aliphatic heterocycles. The lowest BCUT2D eigenvalue weighted by molar-refractivity contribution is 0.595. The number of likely N-dealkylation sites (N-methyl/N-ethyl adjacent to an activating group) is 1. The number of allylic oxidation sites excluding steroid dienone is 1. The average Bonchev–Trinajstić information content (AvgIpc) is 2.25. The van der Waals surface area contributed by atoms with Crippen molar-refractivity contribution in [2.75, 3.05) is 27.2 Å². The maximum Gasteiger partial charge on any atom is 0.0618 e. The Morgan fingerprint density at radius 2 is 2.43 bits per heavy atom. The van der Waals surface area contributed by atoms with E-state index in [9.17, 15) is 0 Å². The second-order valence-electron chi connectivity index (χ2n) is 3.60. The minimum atomic E-state index is 0.372. The van der Waals surface area contributed by atoms with Crippen molar-refractivity contribution in [3.05, 3.63) is 11.6 Å². The van der Waals surface area contributed by atoms with E-state index in [1.807, 2.05) is 14.1 Å². The molecule has 0 aromatic heterocycles. The summed E-state index contributed by atoms with van der Waals surface area (Å²) in [4.78, 5) is 4.38. The van der Waals surface area contributed by atoms with Gasteiger partial charge in [-0.05, 0) is 19.0 Å². The summed E-state index contributed by atoms with van der Waals surface area (Å²) in [5.41, 5.74) is 2.58. The minimum absolute atomic E-state index is 0.372. The number of nitrogens with zero attached hydrogens (tertiary/aromatic N) is 1. The van der Waals surface area contributed by atoms with E-state index in [1.54, 1.807) is 0 Å². The lowest BCUT2D eigenvalue weighted by atomic mass is 9.98. The third-order valence-corrected chi connectivity index (χ3v) is 2.59. The van der Waals surface area contributed by atoms with E-state index in [0.29, 0.717) is 6.04 Å². The zero-order valence-electron chi connectivity index (χ0n) is 9.43. The number of rotatable bonds is 3. The van der Waals surface area contributed by atoms with Crippen LogP contribution in [0.5, 0.6) is 0 Å². The molecule has 0 amide bonds. The Hall–Kier alpha value is -0.670. The van der Waals surface area contributed by atoms with Gasteiger partial charge in [0.1, 0.15) is 0 Å². The van der Waals surface area contributed by atoms with Gasteiger partial charge in [0.05, 0.1) is 11.8 Å². The number of unbranched alkanes of at least 4 members (excludes halogenated alkanes) is 1. The van der Waals surface area contributed by atoms with E-state index in [2.05, 4.69) is 28.6 Å². The summed E-state index contributed by atoms with van der Waals surface area (Å²) in [5.74, 6) is 0. The normalized spacial score (nSPS) is 28.6. The summed E-state index contributed by atoms with van der Waals surface area (Å²) < 4.78 is 0. The van der Waals surface area contributed by atoms with Crippen LogP contribution in [0.1, 0.15) is 19.8 Å². The molecule has 80 valence electrons. The van der Waals surface area contributed by atoms with Crippen LogP contribution in [-0.2, 0) is 0 Å². The van der Waals surface area contributed by atoms with Crippen molar-refractivity contribution in [2.24, 2.45) is 4.99 Å². The van der Waals surface area contributed by atoms with Gasteiger partial charge in [0, 0.05) is 20.1 Å². The molecule has 1 heterocycles. The molecule has 0 bridgehead atoms. The molecule has 0 aromatic carbocycles. The van der Waals surface area contributed by atoms with Crippen molar-refractivity contribution in [1.29, 1.82) is 0 Å². The average molecular weight is 195 g/mol. The van der Waals surface area contributed by atoms with Crippen LogP contribution >= 0.6 is 0 Å². The molecule has 14 heavy (non-hydrogen) atoms. The second-order valence-corrected chi connectivity index (χ2v) is 3.60. The fourth-order valence-corrected chi connectivity index (χ4v) is 1.80. The summed E-state index contributed by atoms with van der Waals surface area (Å²) in [5, 5.41) is 6.67. The Balaban J connectivity index is 2.74. The number of hydrogen-bond acceptors (Lipinski definition) is 3. The van der Waals surface area contributed by atoms with E-state index >= 15 is 0 Å². The Kier molecular flexibility index (Phi) is 4.84. The summed E-state index contributed by atoms with van der Waals surface area (Å²) in [6, 6.07) is 0.372. The molecule has 0 spiro atoms. The first kappa shape index (κ1) is 11.4. The van der Waals surface area contributed by atoms with E-state index in [4.69, 9.17) is 0 Å². The first-order valence-corrected chi connectivity index (χ1v) is 5.37. The number of piperidine rings is 1.